The molecule has 0 spiro atoms. The molecule has 1 saturated heterocycles. The number of carbonyl (C=O) groups excluding carboxylic acids is 2. The molecule has 6 nitrogen and oxygen atoms in total. The fourth-order valence-corrected chi connectivity index (χ4v) is 2.21. The number of aryl methyl sites for hydroxylation is 1. The topological polar surface area (TPSA) is 85.4 Å². The molecule has 1 aromatic rings. The molecule has 1 fully saturated rings. The van der Waals surface area contributed by atoms with Crippen LogP contribution in [0.3, 0.4) is 0 Å². The first-order valence-corrected chi connectivity index (χ1v) is 6.29. The SMILES string of the molecule is CC1CC(=O)N(CCCn2cc(N)ccc2=O)C1=O. The normalized spacial score (nSPS) is 19.2. The van der Waals surface area contributed by atoms with Crippen molar-refractivity contribution in [2.24, 2.45) is 5.92 Å². The Kier molecular flexibility index (Phi) is 3.69. The lowest BCUT2D eigenvalue weighted by Gasteiger charge is -2.14. The van der Waals surface area contributed by atoms with Crippen molar-refractivity contribution in [2.75, 3.05) is 12.3 Å². The third kappa shape index (κ3) is 2.83. The van der Waals surface area contributed by atoms with Crippen molar-refractivity contribution >= 4 is 17.5 Å². The average Bonchev–Trinajstić information content (AvgIpc) is 2.60. The van der Waals surface area contributed by atoms with E-state index in [1.165, 1.54) is 15.5 Å². The molecule has 102 valence electrons. The van der Waals surface area contributed by atoms with E-state index in [-0.39, 0.29) is 29.7 Å². The molecular formula is C13H17N3O3. The third-order valence-corrected chi connectivity index (χ3v) is 3.26. The summed E-state index contributed by atoms with van der Waals surface area (Å²) in [6.07, 6.45) is 2.41. The third-order valence-electron chi connectivity index (χ3n) is 3.26. The summed E-state index contributed by atoms with van der Waals surface area (Å²) in [4.78, 5) is 36.1. The number of nitrogens with zero attached hydrogens (tertiary/aromatic N) is 2. The second kappa shape index (κ2) is 5.26. The van der Waals surface area contributed by atoms with Crippen LogP contribution in [-0.2, 0) is 16.1 Å². The van der Waals surface area contributed by atoms with Gasteiger partial charge in [0.25, 0.3) is 5.56 Å². The van der Waals surface area contributed by atoms with E-state index in [0.29, 0.717) is 25.2 Å². The van der Waals surface area contributed by atoms with Crippen LogP contribution in [0, 0.1) is 5.92 Å². The summed E-state index contributed by atoms with van der Waals surface area (Å²) in [5, 5.41) is 0. The number of anilines is 1. The van der Waals surface area contributed by atoms with E-state index in [9.17, 15) is 14.4 Å². The average molecular weight is 263 g/mol. The number of hydrogen-bond donors (Lipinski definition) is 1. The van der Waals surface area contributed by atoms with Crippen LogP contribution >= 0.6 is 0 Å². The van der Waals surface area contributed by atoms with E-state index in [1.54, 1.807) is 19.2 Å². The number of hydrogen-bond acceptors (Lipinski definition) is 4. The molecule has 1 aromatic heterocycles. The molecule has 1 atom stereocenters. The summed E-state index contributed by atoms with van der Waals surface area (Å²) in [6.45, 7) is 2.54. The van der Waals surface area contributed by atoms with Gasteiger partial charge in [0.2, 0.25) is 11.8 Å². The summed E-state index contributed by atoms with van der Waals surface area (Å²) < 4.78 is 1.49. The number of imide groups is 1. The number of likely N-dealkylation sites (tertiary alicyclic amines) is 1. The molecule has 0 aromatic carbocycles. The van der Waals surface area contributed by atoms with Gasteiger partial charge in [-0.05, 0) is 12.5 Å². The van der Waals surface area contributed by atoms with Crippen LogP contribution in [0.25, 0.3) is 0 Å². The first kappa shape index (κ1) is 13.3. The molecular weight excluding hydrogens is 246 g/mol. The Balaban J connectivity index is 1.94. The lowest BCUT2D eigenvalue weighted by molar-refractivity contribution is -0.139. The molecule has 6 heteroatoms. The Hall–Kier alpha value is -2.11. The summed E-state index contributed by atoms with van der Waals surface area (Å²) in [5.74, 6) is -0.468. The molecule has 0 bridgehead atoms. The van der Waals surface area contributed by atoms with Gasteiger partial charge in [0.05, 0.1) is 0 Å². The second-order valence-electron chi connectivity index (χ2n) is 4.84. The van der Waals surface area contributed by atoms with Crippen molar-refractivity contribution in [3.05, 3.63) is 28.7 Å². The van der Waals surface area contributed by atoms with E-state index in [0.717, 1.165) is 0 Å². The minimum atomic E-state index is -0.220. The molecule has 0 saturated carbocycles. The van der Waals surface area contributed by atoms with Crippen LogP contribution < -0.4 is 11.3 Å². The summed E-state index contributed by atoms with van der Waals surface area (Å²) in [6, 6.07) is 2.96. The number of nitrogens with two attached hydrogens (primary N) is 1. The van der Waals surface area contributed by atoms with Gasteiger partial charge in [0.15, 0.2) is 0 Å². The van der Waals surface area contributed by atoms with Gasteiger partial charge in [-0.25, -0.2) is 0 Å². The number of nitrogen functional groups attached to an aromatic ring is 1. The van der Waals surface area contributed by atoms with Gasteiger partial charge in [0, 0.05) is 43.4 Å². The second-order valence-corrected chi connectivity index (χ2v) is 4.84. The zero-order chi connectivity index (χ0) is 14.0. The Labute approximate surface area is 110 Å². The standard InChI is InChI=1S/C13H17N3O3/c1-9-7-12(18)16(13(9)19)6-2-5-15-8-10(14)3-4-11(15)17/h3-4,8-9H,2,5-7,14H2,1H3. The lowest BCUT2D eigenvalue weighted by atomic mass is 10.1. The predicted molar refractivity (Wildman–Crippen MR) is 70.2 cm³/mol. The smallest absolute Gasteiger partial charge is 0.250 e. The Morgan fingerprint density at radius 1 is 1.26 bits per heavy atom. The molecule has 0 radical (unpaired) electrons. The van der Waals surface area contributed by atoms with Gasteiger partial charge >= 0.3 is 0 Å². The summed E-state index contributed by atoms with van der Waals surface area (Å²) in [7, 11) is 0. The number of carbonyl (C=O) groups is 2. The minimum Gasteiger partial charge on any atom is -0.398 e. The van der Waals surface area contributed by atoms with E-state index in [4.69, 9.17) is 5.73 Å². The minimum absolute atomic E-state index is 0.120. The summed E-state index contributed by atoms with van der Waals surface area (Å²) in [5.41, 5.74) is 5.98. The van der Waals surface area contributed by atoms with Crippen molar-refractivity contribution in [2.45, 2.75) is 26.3 Å². The van der Waals surface area contributed by atoms with Gasteiger partial charge in [-0.2, -0.15) is 0 Å². The van der Waals surface area contributed by atoms with Crippen molar-refractivity contribution in [1.29, 1.82) is 0 Å². The predicted octanol–water partition coefficient (Wildman–Crippen LogP) is 0.216. The van der Waals surface area contributed by atoms with Crippen LogP contribution in [0.2, 0.25) is 0 Å². The number of aromatic nitrogens is 1. The van der Waals surface area contributed by atoms with Crippen molar-refractivity contribution in [3.63, 3.8) is 0 Å². The van der Waals surface area contributed by atoms with Crippen molar-refractivity contribution in [3.8, 4) is 0 Å². The Morgan fingerprint density at radius 3 is 2.63 bits per heavy atom. The highest BCUT2D eigenvalue weighted by Crippen LogP contribution is 2.18. The van der Waals surface area contributed by atoms with Crippen molar-refractivity contribution < 1.29 is 9.59 Å². The van der Waals surface area contributed by atoms with Crippen LogP contribution in [0.15, 0.2) is 23.1 Å². The maximum atomic E-state index is 11.7. The van der Waals surface area contributed by atoms with E-state index in [2.05, 4.69) is 0 Å². The molecule has 1 unspecified atom stereocenters. The van der Waals surface area contributed by atoms with Gasteiger partial charge in [-0.1, -0.05) is 6.92 Å². The van der Waals surface area contributed by atoms with Crippen molar-refractivity contribution in [1.82, 2.24) is 9.47 Å². The fourth-order valence-electron chi connectivity index (χ4n) is 2.21. The van der Waals surface area contributed by atoms with E-state index < -0.39 is 0 Å². The number of rotatable bonds is 4. The zero-order valence-corrected chi connectivity index (χ0v) is 10.8. The Morgan fingerprint density at radius 2 is 2.00 bits per heavy atom. The highest BCUT2D eigenvalue weighted by atomic mass is 16.2. The maximum Gasteiger partial charge on any atom is 0.250 e. The molecule has 2 N–H and O–H groups in total. The molecule has 2 heterocycles. The first-order chi connectivity index (χ1) is 8.99. The number of amides is 2. The zero-order valence-electron chi connectivity index (χ0n) is 10.8. The van der Waals surface area contributed by atoms with Crippen LogP contribution in [0.4, 0.5) is 5.69 Å². The molecule has 0 aliphatic carbocycles. The lowest BCUT2D eigenvalue weighted by Crippen LogP contribution is -2.32. The van der Waals surface area contributed by atoms with Gasteiger partial charge < -0.3 is 10.3 Å². The van der Waals surface area contributed by atoms with E-state index >= 15 is 0 Å². The monoisotopic (exact) mass is 263 g/mol. The van der Waals surface area contributed by atoms with Crippen LogP contribution in [-0.4, -0.2) is 27.8 Å². The molecule has 19 heavy (non-hydrogen) atoms. The number of pyridine rings is 1. The van der Waals surface area contributed by atoms with E-state index in [1.807, 2.05) is 0 Å². The molecule has 2 amide bonds. The molecule has 2 rings (SSSR count). The van der Waals surface area contributed by atoms with Gasteiger partial charge in [-0.15, -0.1) is 0 Å². The van der Waals surface area contributed by atoms with Crippen LogP contribution in [0.1, 0.15) is 19.8 Å². The Bertz CT molecular complexity index is 564. The van der Waals surface area contributed by atoms with Gasteiger partial charge in [0.1, 0.15) is 0 Å². The highest BCUT2D eigenvalue weighted by Gasteiger charge is 2.34. The quantitative estimate of drug-likeness (QED) is 0.787. The first-order valence-electron chi connectivity index (χ1n) is 6.29. The van der Waals surface area contributed by atoms with Gasteiger partial charge in [-0.3, -0.25) is 19.3 Å². The summed E-state index contributed by atoms with van der Waals surface area (Å²) >= 11 is 0. The molecule has 1 aliphatic heterocycles. The fraction of sp³-hybridized carbons (Fsp3) is 0.462. The largest absolute Gasteiger partial charge is 0.398 e. The maximum absolute atomic E-state index is 11.7. The highest BCUT2D eigenvalue weighted by molar-refractivity contribution is 6.03. The molecule has 1 aliphatic rings. The van der Waals surface area contributed by atoms with Crippen LogP contribution in [0.5, 0.6) is 0 Å².